The quantitative estimate of drug-likeness (QED) is 0.720. The molecule has 0 N–H and O–H groups in total. The molecular weight excluding hydrogens is 357 g/mol. The monoisotopic (exact) mass is 363 g/mol. The van der Waals surface area contributed by atoms with E-state index in [1.165, 1.54) is 6.07 Å². The maximum absolute atomic E-state index is 14.0. The first-order chi connectivity index (χ1) is 12.2. The summed E-state index contributed by atoms with van der Waals surface area (Å²) >= 11 is 0. The Bertz CT molecular complexity index is 1070. The molecule has 0 amide bonds. The first-order valence-electron chi connectivity index (χ1n) is 7.25. The van der Waals surface area contributed by atoms with Crippen molar-refractivity contribution in [3.05, 3.63) is 64.5 Å². The van der Waals surface area contributed by atoms with Crippen LogP contribution in [0.1, 0.15) is 27.0 Å². The summed E-state index contributed by atoms with van der Waals surface area (Å²) < 4.78 is 74.8. The number of hydrogen-bond acceptors (Lipinski definition) is 3. The Morgan fingerprint density at radius 1 is 1.00 bits per heavy atom. The maximum Gasteiger partial charge on any atom is 0.340 e. The van der Waals surface area contributed by atoms with Crippen molar-refractivity contribution in [1.29, 1.82) is 5.26 Å². The highest BCUT2D eigenvalue weighted by molar-refractivity contribution is 6.20. The van der Waals surface area contributed by atoms with Crippen LogP contribution in [0.4, 0.5) is 22.0 Å². The fourth-order valence-corrected chi connectivity index (χ4v) is 3.13. The van der Waals surface area contributed by atoms with Gasteiger partial charge in [0.15, 0.2) is 5.78 Å². The predicted molar refractivity (Wildman–Crippen MR) is 78.8 cm³/mol. The summed E-state index contributed by atoms with van der Waals surface area (Å²) in [4.78, 5) is 12.1. The molecular formula is C18H6F5NO2. The standard InChI is InChI=1S/C18H6F5NO2/c19-9-3-8(7-24)4-10(5-9)26-14-2-1-11-15-12(6-13(25)16(14)15)18(22,23)17(11,20)21/h1-6H. The maximum atomic E-state index is 14.0. The predicted octanol–water partition coefficient (Wildman–Crippen LogP) is 4.81. The van der Waals surface area contributed by atoms with Crippen molar-refractivity contribution in [2.24, 2.45) is 0 Å². The van der Waals surface area contributed by atoms with Gasteiger partial charge in [0.2, 0.25) is 0 Å². The Balaban J connectivity index is 1.86. The Labute approximate surface area is 142 Å². The van der Waals surface area contributed by atoms with Gasteiger partial charge in [0.1, 0.15) is 17.3 Å². The second-order valence-corrected chi connectivity index (χ2v) is 5.82. The minimum Gasteiger partial charge on any atom is -0.456 e. The zero-order chi connectivity index (χ0) is 18.9. The smallest absolute Gasteiger partial charge is 0.340 e. The molecule has 0 spiro atoms. The van der Waals surface area contributed by atoms with E-state index < -0.39 is 45.7 Å². The number of alkyl halides is 4. The van der Waals surface area contributed by atoms with Crippen LogP contribution in [-0.2, 0) is 5.92 Å². The zero-order valence-corrected chi connectivity index (χ0v) is 12.6. The third kappa shape index (κ3) is 1.94. The zero-order valence-electron chi connectivity index (χ0n) is 12.6. The van der Waals surface area contributed by atoms with Crippen molar-refractivity contribution in [3.8, 4) is 17.6 Å². The second-order valence-electron chi connectivity index (χ2n) is 5.82. The van der Waals surface area contributed by atoms with E-state index in [9.17, 15) is 26.7 Å². The molecule has 130 valence electrons. The fraction of sp³-hybridized carbons (Fsp3) is 0.111. The first kappa shape index (κ1) is 16.3. The van der Waals surface area contributed by atoms with Gasteiger partial charge in [-0.3, -0.25) is 4.79 Å². The normalized spacial score (nSPS) is 18.3. The Morgan fingerprint density at radius 2 is 1.73 bits per heavy atom. The first-order valence-corrected chi connectivity index (χ1v) is 7.25. The molecule has 2 aliphatic rings. The van der Waals surface area contributed by atoms with Gasteiger partial charge in [0.25, 0.3) is 0 Å². The molecule has 0 saturated carbocycles. The second kappa shape index (κ2) is 4.91. The van der Waals surface area contributed by atoms with Gasteiger partial charge in [-0.1, -0.05) is 0 Å². The highest BCUT2D eigenvalue weighted by atomic mass is 19.3. The Hall–Kier alpha value is -3.21. The molecule has 0 radical (unpaired) electrons. The summed E-state index contributed by atoms with van der Waals surface area (Å²) in [5.41, 5.74) is -3.07. The van der Waals surface area contributed by atoms with Crippen LogP contribution in [0.5, 0.6) is 11.5 Å². The summed E-state index contributed by atoms with van der Waals surface area (Å²) in [6.07, 6.45) is 0.466. The van der Waals surface area contributed by atoms with E-state index in [2.05, 4.69) is 0 Å². The lowest BCUT2D eigenvalue weighted by molar-refractivity contribution is -0.172. The van der Waals surface area contributed by atoms with Crippen molar-refractivity contribution in [2.45, 2.75) is 11.8 Å². The molecule has 0 atom stereocenters. The van der Waals surface area contributed by atoms with Gasteiger partial charge in [-0.05, 0) is 30.3 Å². The molecule has 0 saturated heterocycles. The van der Waals surface area contributed by atoms with E-state index in [0.29, 0.717) is 6.08 Å². The van der Waals surface area contributed by atoms with Crippen molar-refractivity contribution in [3.63, 3.8) is 0 Å². The number of benzene rings is 2. The third-order valence-electron chi connectivity index (χ3n) is 4.26. The molecule has 0 fully saturated rings. The number of carbonyl (C=O) groups is 1. The molecule has 0 unspecified atom stereocenters. The molecule has 0 aliphatic heterocycles. The highest BCUT2D eigenvalue weighted by Crippen LogP contribution is 2.61. The summed E-state index contributed by atoms with van der Waals surface area (Å²) in [7, 11) is 0. The molecule has 0 bridgehead atoms. The number of nitrogens with zero attached hydrogens (tertiary/aromatic N) is 1. The van der Waals surface area contributed by atoms with Crippen LogP contribution in [0.25, 0.3) is 5.57 Å². The van der Waals surface area contributed by atoms with Gasteiger partial charge in [0.05, 0.1) is 17.2 Å². The van der Waals surface area contributed by atoms with Gasteiger partial charge in [-0.25, -0.2) is 4.39 Å². The number of allylic oxidation sites excluding steroid dienone is 2. The summed E-state index contributed by atoms with van der Waals surface area (Å²) in [5, 5.41) is 8.84. The van der Waals surface area contributed by atoms with Crippen LogP contribution in [0.15, 0.2) is 36.4 Å². The van der Waals surface area contributed by atoms with E-state index in [1.807, 2.05) is 0 Å². The largest absolute Gasteiger partial charge is 0.456 e. The lowest BCUT2D eigenvalue weighted by atomic mass is 10.0. The number of nitriles is 1. The van der Waals surface area contributed by atoms with Crippen LogP contribution < -0.4 is 4.74 Å². The Morgan fingerprint density at radius 3 is 2.42 bits per heavy atom. The van der Waals surface area contributed by atoms with Crippen LogP contribution in [0.3, 0.4) is 0 Å². The van der Waals surface area contributed by atoms with Crippen molar-refractivity contribution in [2.75, 3.05) is 0 Å². The summed E-state index contributed by atoms with van der Waals surface area (Å²) in [6.45, 7) is 0. The molecule has 8 heteroatoms. The minimum atomic E-state index is -4.51. The van der Waals surface area contributed by atoms with E-state index in [4.69, 9.17) is 10.00 Å². The third-order valence-corrected chi connectivity index (χ3v) is 4.26. The number of ketones is 1. The SMILES string of the molecule is N#Cc1cc(F)cc(Oc2ccc3c4c2C(=O)C=C4C(F)(F)C3(F)F)c1. The number of ether oxygens (including phenoxy) is 1. The van der Waals surface area contributed by atoms with Gasteiger partial charge in [-0.2, -0.15) is 22.8 Å². The van der Waals surface area contributed by atoms with Crippen molar-refractivity contribution in [1.82, 2.24) is 0 Å². The molecule has 4 rings (SSSR count). The van der Waals surface area contributed by atoms with Crippen LogP contribution in [-0.4, -0.2) is 11.7 Å². The van der Waals surface area contributed by atoms with E-state index in [0.717, 1.165) is 24.3 Å². The number of halogens is 5. The highest BCUT2D eigenvalue weighted by Gasteiger charge is 2.68. The lowest BCUT2D eigenvalue weighted by Crippen LogP contribution is -2.33. The lowest BCUT2D eigenvalue weighted by Gasteiger charge is -2.20. The summed E-state index contributed by atoms with van der Waals surface area (Å²) in [5.74, 6) is -11.1. The van der Waals surface area contributed by atoms with E-state index >= 15 is 0 Å². The molecule has 3 nitrogen and oxygen atoms in total. The van der Waals surface area contributed by atoms with Crippen LogP contribution in [0, 0.1) is 17.1 Å². The van der Waals surface area contributed by atoms with Gasteiger partial charge < -0.3 is 4.74 Å². The molecule has 2 aromatic carbocycles. The molecule has 2 aromatic rings. The average molecular weight is 363 g/mol. The molecule has 26 heavy (non-hydrogen) atoms. The van der Waals surface area contributed by atoms with E-state index in [1.54, 1.807) is 6.07 Å². The number of rotatable bonds is 2. The topological polar surface area (TPSA) is 50.1 Å². The number of carbonyl (C=O) groups excluding carboxylic acids is 1. The van der Waals surface area contributed by atoms with Crippen LogP contribution in [0.2, 0.25) is 0 Å². The Kier molecular flexibility index (Phi) is 3.07. The molecule has 0 aromatic heterocycles. The minimum absolute atomic E-state index is 0.0687. The van der Waals surface area contributed by atoms with Crippen molar-refractivity contribution < 1.29 is 31.5 Å². The van der Waals surface area contributed by atoms with Crippen molar-refractivity contribution >= 4 is 11.4 Å². The van der Waals surface area contributed by atoms with Gasteiger partial charge in [-0.15, -0.1) is 0 Å². The summed E-state index contributed by atoms with van der Waals surface area (Å²) in [6, 6.07) is 6.44. The molecule has 0 heterocycles. The average Bonchev–Trinajstić information content (AvgIpc) is 2.98. The molecule has 2 aliphatic carbocycles. The number of hydrogen-bond donors (Lipinski definition) is 0. The van der Waals surface area contributed by atoms with Gasteiger partial charge >= 0.3 is 11.8 Å². The van der Waals surface area contributed by atoms with Crippen LogP contribution >= 0.6 is 0 Å². The van der Waals surface area contributed by atoms with Gasteiger partial charge in [0, 0.05) is 22.8 Å². The fourth-order valence-electron chi connectivity index (χ4n) is 3.13. The van der Waals surface area contributed by atoms with E-state index in [-0.39, 0.29) is 17.1 Å².